The summed E-state index contributed by atoms with van der Waals surface area (Å²) in [6, 6.07) is 10.4. The fourth-order valence-electron chi connectivity index (χ4n) is 2.34. The van der Waals surface area contributed by atoms with Crippen molar-refractivity contribution in [3.05, 3.63) is 47.3 Å². The van der Waals surface area contributed by atoms with Gasteiger partial charge in [0.2, 0.25) is 0 Å². The van der Waals surface area contributed by atoms with E-state index >= 15 is 0 Å². The van der Waals surface area contributed by atoms with Crippen LogP contribution in [0.4, 0.5) is 0 Å². The van der Waals surface area contributed by atoms with Crippen LogP contribution in [0, 0.1) is 6.92 Å². The summed E-state index contributed by atoms with van der Waals surface area (Å²) < 4.78 is 7.48. The lowest BCUT2D eigenvalue weighted by Gasteiger charge is -2.17. The van der Waals surface area contributed by atoms with Crippen LogP contribution >= 0.6 is 0 Å². The Hall–Kier alpha value is -1.81. The van der Waals surface area contributed by atoms with Crippen LogP contribution in [-0.2, 0) is 7.05 Å². The van der Waals surface area contributed by atoms with E-state index in [1.807, 2.05) is 44.8 Å². The topological polar surface area (TPSA) is 39.1 Å². The first kappa shape index (κ1) is 13.6. The van der Waals surface area contributed by atoms with E-state index in [-0.39, 0.29) is 6.04 Å². The predicted octanol–water partition coefficient (Wildman–Crippen LogP) is 2.44. The minimum Gasteiger partial charge on any atom is -0.494 e. The molecule has 1 atom stereocenters. The van der Waals surface area contributed by atoms with Gasteiger partial charge in [0.15, 0.2) is 0 Å². The first-order chi connectivity index (χ1) is 9.15. The van der Waals surface area contributed by atoms with E-state index in [0.29, 0.717) is 6.61 Å². The molecule has 0 radical (unpaired) electrons. The lowest BCUT2D eigenvalue weighted by Crippen LogP contribution is -2.20. The first-order valence-corrected chi connectivity index (χ1v) is 6.56. The Kier molecular flexibility index (Phi) is 4.22. The standard InChI is InChI=1S/C15H21N3O/c1-5-19-13-8-6-7-12(10-13)15(16-3)14-9-11(2)17-18(14)4/h6-10,15-16H,5H2,1-4H3. The minimum atomic E-state index is 0.117. The highest BCUT2D eigenvalue weighted by Gasteiger charge is 2.16. The van der Waals surface area contributed by atoms with Crippen LogP contribution in [-0.4, -0.2) is 23.4 Å². The Bertz CT molecular complexity index is 548. The summed E-state index contributed by atoms with van der Waals surface area (Å²) in [5.41, 5.74) is 3.35. The number of aromatic nitrogens is 2. The second-order valence-electron chi connectivity index (χ2n) is 4.56. The Morgan fingerprint density at radius 3 is 2.74 bits per heavy atom. The van der Waals surface area contributed by atoms with Gasteiger partial charge in [-0.3, -0.25) is 4.68 Å². The van der Waals surface area contributed by atoms with E-state index < -0.39 is 0 Å². The second-order valence-corrected chi connectivity index (χ2v) is 4.56. The number of nitrogens with zero attached hydrogens (tertiary/aromatic N) is 2. The molecule has 0 aliphatic heterocycles. The summed E-state index contributed by atoms with van der Waals surface area (Å²) in [5.74, 6) is 0.902. The number of rotatable bonds is 5. The number of hydrogen-bond acceptors (Lipinski definition) is 3. The van der Waals surface area contributed by atoms with Crippen molar-refractivity contribution >= 4 is 0 Å². The van der Waals surface area contributed by atoms with E-state index in [1.54, 1.807) is 0 Å². The van der Waals surface area contributed by atoms with Gasteiger partial charge in [-0.15, -0.1) is 0 Å². The third-order valence-corrected chi connectivity index (χ3v) is 3.13. The monoisotopic (exact) mass is 259 g/mol. The highest BCUT2D eigenvalue weighted by Crippen LogP contribution is 2.25. The molecule has 0 aliphatic rings. The number of hydrogen-bond donors (Lipinski definition) is 1. The highest BCUT2D eigenvalue weighted by atomic mass is 16.5. The molecule has 1 aromatic heterocycles. The molecule has 102 valence electrons. The molecule has 0 bridgehead atoms. The summed E-state index contributed by atoms with van der Waals surface area (Å²) in [6.45, 7) is 4.68. The first-order valence-electron chi connectivity index (χ1n) is 6.56. The average molecular weight is 259 g/mol. The van der Waals surface area contributed by atoms with Gasteiger partial charge >= 0.3 is 0 Å². The van der Waals surface area contributed by atoms with E-state index in [4.69, 9.17) is 4.74 Å². The van der Waals surface area contributed by atoms with E-state index in [9.17, 15) is 0 Å². The smallest absolute Gasteiger partial charge is 0.119 e. The molecule has 0 spiro atoms. The molecule has 1 unspecified atom stereocenters. The van der Waals surface area contributed by atoms with Crippen molar-refractivity contribution in [3.63, 3.8) is 0 Å². The van der Waals surface area contributed by atoms with Crippen molar-refractivity contribution in [1.29, 1.82) is 0 Å². The van der Waals surface area contributed by atoms with Crippen LogP contribution in [0.2, 0.25) is 0 Å². The minimum absolute atomic E-state index is 0.117. The normalized spacial score (nSPS) is 12.4. The molecule has 1 heterocycles. The number of nitrogens with one attached hydrogen (secondary N) is 1. The van der Waals surface area contributed by atoms with Crippen LogP contribution < -0.4 is 10.1 Å². The van der Waals surface area contributed by atoms with Crippen LogP contribution in [0.15, 0.2) is 30.3 Å². The van der Waals surface area contributed by atoms with Gasteiger partial charge < -0.3 is 10.1 Å². The van der Waals surface area contributed by atoms with Crippen LogP contribution in [0.25, 0.3) is 0 Å². The highest BCUT2D eigenvalue weighted by molar-refractivity contribution is 5.35. The number of benzene rings is 1. The lowest BCUT2D eigenvalue weighted by molar-refractivity contribution is 0.339. The molecule has 2 rings (SSSR count). The van der Waals surface area contributed by atoms with Gasteiger partial charge in [-0.25, -0.2) is 0 Å². The third kappa shape index (κ3) is 2.96. The molecule has 1 N–H and O–H groups in total. The molecule has 1 aromatic carbocycles. The fraction of sp³-hybridized carbons (Fsp3) is 0.400. The molecule has 4 heteroatoms. The SMILES string of the molecule is CCOc1cccc(C(NC)c2cc(C)nn2C)c1. The summed E-state index contributed by atoms with van der Waals surface area (Å²) >= 11 is 0. The van der Waals surface area contributed by atoms with Gasteiger partial charge in [-0.1, -0.05) is 12.1 Å². The zero-order valence-electron chi connectivity index (χ0n) is 12.0. The van der Waals surface area contributed by atoms with Gasteiger partial charge in [0.25, 0.3) is 0 Å². The van der Waals surface area contributed by atoms with Crippen LogP contribution in [0.3, 0.4) is 0 Å². The molecule has 0 fully saturated rings. The second kappa shape index (κ2) is 5.89. The van der Waals surface area contributed by atoms with Crippen LogP contribution in [0.5, 0.6) is 5.75 Å². The van der Waals surface area contributed by atoms with Gasteiger partial charge in [0.05, 0.1) is 24.0 Å². The van der Waals surface area contributed by atoms with Crippen LogP contribution in [0.1, 0.15) is 29.9 Å². The predicted molar refractivity (Wildman–Crippen MR) is 76.5 cm³/mol. The molecule has 0 amide bonds. The van der Waals surface area contributed by atoms with Crippen molar-refractivity contribution in [1.82, 2.24) is 15.1 Å². The van der Waals surface area contributed by atoms with Crippen molar-refractivity contribution in [2.24, 2.45) is 7.05 Å². The molecule has 2 aromatic rings. The van der Waals surface area contributed by atoms with Crippen molar-refractivity contribution < 1.29 is 4.74 Å². The summed E-state index contributed by atoms with van der Waals surface area (Å²) in [7, 11) is 3.93. The molecular weight excluding hydrogens is 238 g/mol. The molecule has 0 saturated carbocycles. The maximum Gasteiger partial charge on any atom is 0.119 e. The van der Waals surface area contributed by atoms with Crippen molar-refractivity contribution in [3.8, 4) is 5.75 Å². The summed E-state index contributed by atoms with van der Waals surface area (Å²) in [5, 5.41) is 7.75. The molecular formula is C15H21N3O. The Morgan fingerprint density at radius 1 is 1.37 bits per heavy atom. The maximum atomic E-state index is 5.56. The fourth-order valence-corrected chi connectivity index (χ4v) is 2.34. The third-order valence-electron chi connectivity index (χ3n) is 3.13. The van der Waals surface area contributed by atoms with E-state index in [0.717, 1.165) is 17.1 Å². The van der Waals surface area contributed by atoms with Gasteiger partial charge in [-0.2, -0.15) is 5.10 Å². The van der Waals surface area contributed by atoms with E-state index in [2.05, 4.69) is 28.6 Å². The Balaban J connectivity index is 2.36. The molecule has 4 nitrogen and oxygen atoms in total. The summed E-state index contributed by atoms with van der Waals surface area (Å²) in [4.78, 5) is 0. The Morgan fingerprint density at radius 2 is 2.16 bits per heavy atom. The Labute approximate surface area is 114 Å². The number of ether oxygens (including phenoxy) is 1. The largest absolute Gasteiger partial charge is 0.494 e. The number of aryl methyl sites for hydroxylation is 2. The lowest BCUT2D eigenvalue weighted by atomic mass is 10.0. The summed E-state index contributed by atoms with van der Waals surface area (Å²) in [6.07, 6.45) is 0. The van der Waals surface area contributed by atoms with Gasteiger partial charge in [-0.05, 0) is 44.7 Å². The van der Waals surface area contributed by atoms with Crippen molar-refractivity contribution in [2.75, 3.05) is 13.7 Å². The molecule has 0 aliphatic carbocycles. The average Bonchev–Trinajstić information content (AvgIpc) is 2.71. The van der Waals surface area contributed by atoms with Crippen molar-refractivity contribution in [2.45, 2.75) is 19.9 Å². The molecule has 0 saturated heterocycles. The zero-order valence-corrected chi connectivity index (χ0v) is 12.0. The zero-order chi connectivity index (χ0) is 13.8. The maximum absolute atomic E-state index is 5.56. The molecule has 19 heavy (non-hydrogen) atoms. The van der Waals surface area contributed by atoms with E-state index in [1.165, 1.54) is 5.56 Å². The van der Waals surface area contributed by atoms with Gasteiger partial charge in [0.1, 0.15) is 5.75 Å². The van der Waals surface area contributed by atoms with Gasteiger partial charge in [0, 0.05) is 7.05 Å². The quantitative estimate of drug-likeness (QED) is 0.896.